The van der Waals surface area contributed by atoms with Crippen LogP contribution >= 0.6 is 0 Å². The fraction of sp³-hybridized carbons (Fsp3) is 0.200. The second-order valence-corrected chi connectivity index (χ2v) is 6.05. The van der Waals surface area contributed by atoms with Crippen LogP contribution in [-0.2, 0) is 17.6 Å². The largest absolute Gasteiger partial charge is 0.486 e. The van der Waals surface area contributed by atoms with Gasteiger partial charge in [0.2, 0.25) is 5.89 Å². The average Bonchev–Trinajstić information content (AvgIpc) is 3.05. The number of carboxylic acids is 1. The molecule has 0 fully saturated rings. The van der Waals surface area contributed by atoms with E-state index in [-0.39, 0.29) is 12.5 Å². The normalized spacial score (nSPS) is 11.3. The maximum atomic E-state index is 12.7. The molecule has 6 nitrogen and oxygen atoms in total. The van der Waals surface area contributed by atoms with Gasteiger partial charge in [-0.2, -0.15) is 13.2 Å². The number of ether oxygens (including phenoxy) is 2. The van der Waals surface area contributed by atoms with Crippen LogP contribution in [0.4, 0.5) is 13.2 Å². The van der Waals surface area contributed by atoms with Crippen LogP contribution in [0.25, 0.3) is 11.5 Å². The van der Waals surface area contributed by atoms with E-state index in [1.54, 1.807) is 31.2 Å². The number of hydrogen-bond acceptors (Lipinski definition) is 5. The molecule has 152 valence electrons. The summed E-state index contributed by atoms with van der Waals surface area (Å²) in [6.45, 7) is 1.33. The fourth-order valence-corrected chi connectivity index (χ4v) is 2.41. The number of oxazole rings is 1. The molecule has 0 aliphatic heterocycles. The van der Waals surface area contributed by atoms with Gasteiger partial charge in [0.15, 0.2) is 12.4 Å². The lowest BCUT2D eigenvalue weighted by Gasteiger charge is -2.07. The van der Waals surface area contributed by atoms with Crippen LogP contribution in [0.1, 0.15) is 17.0 Å². The van der Waals surface area contributed by atoms with Gasteiger partial charge >= 0.3 is 12.1 Å². The molecule has 0 aliphatic carbocycles. The van der Waals surface area contributed by atoms with Crippen LogP contribution in [0, 0.1) is 6.92 Å². The van der Waals surface area contributed by atoms with Crippen molar-refractivity contribution in [2.75, 3.05) is 6.61 Å². The first-order valence-corrected chi connectivity index (χ1v) is 8.44. The molecule has 29 heavy (non-hydrogen) atoms. The minimum atomic E-state index is -4.40. The van der Waals surface area contributed by atoms with Crippen LogP contribution in [0.2, 0.25) is 0 Å². The van der Waals surface area contributed by atoms with E-state index in [9.17, 15) is 18.0 Å². The van der Waals surface area contributed by atoms with Crippen LogP contribution in [-0.4, -0.2) is 22.7 Å². The smallest absolute Gasteiger partial charge is 0.416 e. The molecule has 1 heterocycles. The molecule has 0 aliphatic rings. The van der Waals surface area contributed by atoms with Crippen molar-refractivity contribution in [1.29, 1.82) is 0 Å². The quantitative estimate of drug-likeness (QED) is 0.611. The SMILES string of the molecule is Cc1nc(-c2ccc(C(F)(F)F)cc2)oc1COc1ccc(OCC(=O)O)cc1. The first-order chi connectivity index (χ1) is 13.7. The summed E-state index contributed by atoms with van der Waals surface area (Å²) in [6, 6.07) is 10.9. The van der Waals surface area contributed by atoms with E-state index in [1.807, 2.05) is 0 Å². The number of aromatic nitrogens is 1. The summed E-state index contributed by atoms with van der Waals surface area (Å²) in [5.41, 5.74) is 0.234. The fourth-order valence-electron chi connectivity index (χ4n) is 2.41. The first kappa shape index (κ1) is 20.2. The van der Waals surface area contributed by atoms with Crippen molar-refractivity contribution >= 4 is 5.97 Å². The van der Waals surface area contributed by atoms with Crippen LogP contribution < -0.4 is 9.47 Å². The minimum Gasteiger partial charge on any atom is -0.486 e. The number of carbonyl (C=O) groups is 1. The molecule has 0 atom stereocenters. The highest BCUT2D eigenvalue weighted by atomic mass is 19.4. The Balaban J connectivity index is 1.64. The summed E-state index contributed by atoms with van der Waals surface area (Å²) >= 11 is 0. The van der Waals surface area contributed by atoms with Gasteiger partial charge < -0.3 is 19.0 Å². The zero-order valence-corrected chi connectivity index (χ0v) is 15.2. The Labute approximate surface area is 163 Å². The van der Waals surface area contributed by atoms with Gasteiger partial charge in [-0.25, -0.2) is 9.78 Å². The second kappa shape index (κ2) is 8.26. The monoisotopic (exact) mass is 407 g/mol. The number of aliphatic carboxylic acids is 1. The lowest BCUT2D eigenvalue weighted by atomic mass is 10.1. The van der Waals surface area contributed by atoms with Gasteiger partial charge in [0.1, 0.15) is 18.1 Å². The van der Waals surface area contributed by atoms with E-state index in [2.05, 4.69) is 4.98 Å². The molecule has 3 aromatic rings. The highest BCUT2D eigenvalue weighted by Crippen LogP contribution is 2.31. The van der Waals surface area contributed by atoms with Crippen molar-refractivity contribution in [3.8, 4) is 23.0 Å². The Morgan fingerprint density at radius 2 is 1.62 bits per heavy atom. The number of benzene rings is 2. The van der Waals surface area contributed by atoms with Crippen molar-refractivity contribution in [3.05, 3.63) is 65.5 Å². The molecular weight excluding hydrogens is 391 g/mol. The van der Waals surface area contributed by atoms with E-state index in [0.717, 1.165) is 12.1 Å². The summed E-state index contributed by atoms with van der Waals surface area (Å²) < 4.78 is 54.3. The third-order valence-corrected chi connectivity index (χ3v) is 3.91. The van der Waals surface area contributed by atoms with Gasteiger partial charge in [-0.3, -0.25) is 0 Å². The van der Waals surface area contributed by atoms with Crippen LogP contribution in [0.15, 0.2) is 52.9 Å². The van der Waals surface area contributed by atoms with E-state index in [4.69, 9.17) is 19.0 Å². The molecule has 1 N–H and O–H groups in total. The Morgan fingerprint density at radius 3 is 2.17 bits per heavy atom. The van der Waals surface area contributed by atoms with Crippen molar-refractivity contribution in [2.24, 2.45) is 0 Å². The molecule has 0 unspecified atom stereocenters. The first-order valence-electron chi connectivity index (χ1n) is 8.44. The number of alkyl halides is 3. The molecule has 9 heteroatoms. The Morgan fingerprint density at radius 1 is 1.03 bits per heavy atom. The van der Waals surface area contributed by atoms with Gasteiger partial charge in [0.25, 0.3) is 0 Å². The molecule has 0 amide bonds. The molecule has 1 aromatic heterocycles. The van der Waals surface area contributed by atoms with Gasteiger partial charge in [0, 0.05) is 5.56 Å². The Bertz CT molecular complexity index is 979. The lowest BCUT2D eigenvalue weighted by molar-refractivity contribution is -0.139. The van der Waals surface area contributed by atoms with Gasteiger partial charge in [-0.15, -0.1) is 0 Å². The van der Waals surface area contributed by atoms with Gasteiger partial charge in [-0.05, 0) is 55.5 Å². The molecule has 0 radical (unpaired) electrons. The maximum absolute atomic E-state index is 12.7. The summed E-state index contributed by atoms with van der Waals surface area (Å²) in [5, 5.41) is 8.58. The molecule has 2 aromatic carbocycles. The summed E-state index contributed by atoms with van der Waals surface area (Å²) in [6.07, 6.45) is -4.40. The molecule has 0 saturated heterocycles. The van der Waals surface area contributed by atoms with Crippen molar-refractivity contribution in [1.82, 2.24) is 4.98 Å². The Kier molecular flexibility index (Phi) is 5.76. The third kappa shape index (κ3) is 5.28. The number of rotatable bonds is 7. The average molecular weight is 407 g/mol. The topological polar surface area (TPSA) is 81.8 Å². The lowest BCUT2D eigenvalue weighted by Crippen LogP contribution is -2.09. The zero-order valence-electron chi connectivity index (χ0n) is 15.2. The summed E-state index contributed by atoms with van der Waals surface area (Å²) in [7, 11) is 0. The predicted octanol–water partition coefficient (Wildman–Crippen LogP) is 4.71. The highest BCUT2D eigenvalue weighted by Gasteiger charge is 2.30. The number of aryl methyl sites for hydroxylation is 1. The molecule has 0 saturated carbocycles. The number of halogens is 3. The number of nitrogens with zero attached hydrogens (tertiary/aromatic N) is 1. The van der Waals surface area contributed by atoms with Crippen LogP contribution in [0.3, 0.4) is 0 Å². The van der Waals surface area contributed by atoms with E-state index in [0.29, 0.717) is 28.5 Å². The predicted molar refractivity (Wildman–Crippen MR) is 95.6 cm³/mol. The van der Waals surface area contributed by atoms with Gasteiger partial charge in [-0.1, -0.05) is 0 Å². The second-order valence-electron chi connectivity index (χ2n) is 6.05. The third-order valence-electron chi connectivity index (χ3n) is 3.91. The zero-order chi connectivity index (χ0) is 21.0. The van der Waals surface area contributed by atoms with Crippen molar-refractivity contribution in [2.45, 2.75) is 19.7 Å². The molecule has 0 spiro atoms. The summed E-state index contributed by atoms with van der Waals surface area (Å²) in [5.74, 6) is 0.452. The molecule has 0 bridgehead atoms. The van der Waals surface area contributed by atoms with Crippen molar-refractivity contribution in [3.63, 3.8) is 0 Å². The molecule has 3 rings (SSSR count). The minimum absolute atomic E-state index is 0.0643. The highest BCUT2D eigenvalue weighted by molar-refractivity contribution is 5.68. The van der Waals surface area contributed by atoms with Gasteiger partial charge in [0.05, 0.1) is 11.3 Å². The van der Waals surface area contributed by atoms with E-state index >= 15 is 0 Å². The standard InChI is InChI=1S/C20H16F3NO5/c1-12-17(10-27-15-6-8-16(9-7-15)28-11-18(25)26)29-19(24-12)13-2-4-14(5-3-13)20(21,22)23/h2-9H,10-11H2,1H3,(H,25,26). The summed E-state index contributed by atoms with van der Waals surface area (Å²) in [4.78, 5) is 14.7. The number of hydrogen-bond donors (Lipinski definition) is 1. The number of carboxylic acid groups (broad SMARTS) is 1. The van der Waals surface area contributed by atoms with Crippen molar-refractivity contribution < 1.29 is 37.0 Å². The Hall–Kier alpha value is -3.49. The molecular formula is C20H16F3NO5. The van der Waals surface area contributed by atoms with Crippen LogP contribution in [0.5, 0.6) is 11.5 Å². The van der Waals surface area contributed by atoms with E-state index in [1.165, 1.54) is 12.1 Å². The van der Waals surface area contributed by atoms with E-state index < -0.39 is 24.3 Å². The maximum Gasteiger partial charge on any atom is 0.416 e.